The first-order valence-corrected chi connectivity index (χ1v) is 28.8. The maximum absolute atomic E-state index is 4.60. The van der Waals surface area contributed by atoms with Crippen molar-refractivity contribution in [2.45, 2.75) is 57.8 Å². The van der Waals surface area contributed by atoms with E-state index in [2.05, 4.69) is 279 Å². The fraction of sp³-hybridized carbons (Fsp3) is 0.120. The highest BCUT2D eigenvalue weighted by Gasteiger charge is 2.41. The normalized spacial score (nSPS) is 14.4. The summed E-state index contributed by atoms with van der Waals surface area (Å²) in [6.07, 6.45) is 10.3. The molecule has 18 rings (SSSR count). The zero-order chi connectivity index (χ0) is 56.6. The first-order chi connectivity index (χ1) is 41.0. The van der Waals surface area contributed by atoms with E-state index in [1.54, 1.807) is 19.0 Å². The van der Waals surface area contributed by atoms with Crippen LogP contribution in [-0.2, 0) is 16.2 Å². The molecule has 0 saturated carbocycles. The van der Waals surface area contributed by atoms with Crippen LogP contribution in [-0.4, -0.2) is 43.6 Å². The molecule has 84 heavy (non-hydrogen) atoms. The molecule has 9 heteroatoms. The molecular formula is C75H57N9. The van der Waals surface area contributed by atoms with Crippen LogP contribution >= 0.6 is 0 Å². The van der Waals surface area contributed by atoms with Gasteiger partial charge in [-0.25, -0.2) is 24.9 Å². The van der Waals surface area contributed by atoms with Crippen molar-refractivity contribution in [2.75, 3.05) is 0 Å². The molecule has 3 aliphatic rings. The number of benzene rings is 9. The van der Waals surface area contributed by atoms with E-state index >= 15 is 0 Å². The summed E-state index contributed by atoms with van der Waals surface area (Å²) in [4.78, 5) is 25.9. The standard InChI is InChI=1S/C26H20N2.C25H19N3.C24H18N4/c1-26(2)22-9-5-3-7-18(22)20-11-12-21-19-8-4-6-10-23(19)28(25(21)24(20)26)17-13-15-27-16-14-17;1-25(2)20-9-5-3-7-16(20)18-11-12-19-17-8-4-6-10-21(17)28(24(19)23(18)25)22-13-14-26-15-27-22;1-24(2)19-9-5-3-7-15(19)17-11-12-18-16-8-4-6-10-20(16)28(22(18)21(17)24)23-26-13-25-14-27-23/h3-16H,1-2H3;3-15H,1-2H3;3-14H,1-2H3. The third-order valence-electron chi connectivity index (χ3n) is 18.5. The van der Waals surface area contributed by atoms with Gasteiger partial charge in [0.2, 0.25) is 5.95 Å². The zero-order valence-corrected chi connectivity index (χ0v) is 47.5. The highest BCUT2D eigenvalue weighted by molar-refractivity contribution is 6.15. The third kappa shape index (κ3) is 6.95. The molecule has 3 aliphatic carbocycles. The van der Waals surface area contributed by atoms with Gasteiger partial charge in [-0.3, -0.25) is 14.1 Å². The Kier molecular flexibility index (Phi) is 10.8. The van der Waals surface area contributed by atoms with Crippen molar-refractivity contribution in [3.8, 4) is 50.8 Å². The molecular weight excluding hydrogens is 1030 g/mol. The summed E-state index contributed by atoms with van der Waals surface area (Å²) >= 11 is 0. The summed E-state index contributed by atoms with van der Waals surface area (Å²) in [6.45, 7) is 14.0. The van der Waals surface area contributed by atoms with Gasteiger partial charge in [0.1, 0.15) is 24.8 Å². The molecule has 6 aromatic heterocycles. The molecule has 0 saturated heterocycles. The predicted octanol–water partition coefficient (Wildman–Crippen LogP) is 17.6. The Balaban J connectivity index is 0.000000103. The smallest absolute Gasteiger partial charge is 0.237 e. The second-order valence-electron chi connectivity index (χ2n) is 23.9. The lowest BCUT2D eigenvalue weighted by Gasteiger charge is -2.23. The maximum Gasteiger partial charge on any atom is 0.237 e. The number of hydrogen-bond acceptors (Lipinski definition) is 6. The molecule has 9 nitrogen and oxygen atoms in total. The van der Waals surface area contributed by atoms with Crippen LogP contribution in [0.25, 0.3) is 116 Å². The SMILES string of the molecule is CC1(C)c2ccccc2-c2ccc3c4ccccc4n(-c4ccncc4)c3c21.CC1(C)c2ccccc2-c2ccc3c4ccccc4n(-c4ccncn4)c3c21.CC1(C)c2ccccc2-c2ccc3c4ccccc4n(-c4ncncn4)c3c21. The molecule has 0 N–H and O–H groups in total. The quantitative estimate of drug-likeness (QED) is 0.175. The molecule has 0 aliphatic heterocycles. The Morgan fingerprint density at radius 1 is 0.286 bits per heavy atom. The molecule has 0 spiro atoms. The molecule has 6 heterocycles. The predicted molar refractivity (Wildman–Crippen MR) is 342 cm³/mol. The minimum Gasteiger partial charge on any atom is -0.309 e. The molecule has 0 amide bonds. The maximum atomic E-state index is 4.60. The first kappa shape index (κ1) is 49.4. The highest BCUT2D eigenvalue weighted by Crippen LogP contribution is 2.56. The van der Waals surface area contributed by atoms with Gasteiger partial charge in [-0.2, -0.15) is 0 Å². The molecule has 0 radical (unpaired) electrons. The second-order valence-corrected chi connectivity index (χ2v) is 23.9. The Morgan fingerprint density at radius 2 is 0.655 bits per heavy atom. The zero-order valence-electron chi connectivity index (χ0n) is 47.5. The van der Waals surface area contributed by atoms with Crippen LogP contribution in [0.2, 0.25) is 0 Å². The fourth-order valence-electron chi connectivity index (χ4n) is 14.9. The summed E-state index contributed by atoms with van der Waals surface area (Å²) in [5.74, 6) is 1.56. The number of pyridine rings is 1. The van der Waals surface area contributed by atoms with Crippen LogP contribution in [0.4, 0.5) is 0 Å². The Morgan fingerprint density at radius 3 is 1.11 bits per heavy atom. The first-order valence-electron chi connectivity index (χ1n) is 28.8. The number of para-hydroxylation sites is 3. The van der Waals surface area contributed by atoms with Gasteiger partial charge in [0, 0.05) is 72.8 Å². The van der Waals surface area contributed by atoms with Gasteiger partial charge in [0.25, 0.3) is 0 Å². The summed E-state index contributed by atoms with van der Waals surface area (Å²) < 4.78 is 6.91. The third-order valence-corrected chi connectivity index (χ3v) is 18.5. The summed E-state index contributed by atoms with van der Waals surface area (Å²) in [5, 5.41) is 7.58. The van der Waals surface area contributed by atoms with Crippen molar-refractivity contribution >= 4 is 65.4 Å². The van der Waals surface area contributed by atoms with Crippen LogP contribution in [0.15, 0.2) is 238 Å². The van der Waals surface area contributed by atoms with E-state index in [1.807, 2.05) is 24.7 Å². The van der Waals surface area contributed by atoms with Gasteiger partial charge in [-0.1, -0.05) is 205 Å². The second kappa shape index (κ2) is 18.3. The summed E-state index contributed by atoms with van der Waals surface area (Å²) in [7, 11) is 0. The van der Waals surface area contributed by atoms with Crippen molar-refractivity contribution in [3.63, 3.8) is 0 Å². The van der Waals surface area contributed by atoms with E-state index in [9.17, 15) is 0 Å². The molecule has 402 valence electrons. The Bertz CT molecular complexity index is 4650. The molecule has 0 fully saturated rings. The lowest BCUT2D eigenvalue weighted by Crippen LogP contribution is -2.16. The largest absolute Gasteiger partial charge is 0.309 e. The van der Waals surface area contributed by atoms with Crippen molar-refractivity contribution in [2.24, 2.45) is 0 Å². The molecule has 9 aromatic carbocycles. The van der Waals surface area contributed by atoms with E-state index < -0.39 is 0 Å². The minimum absolute atomic E-state index is 0.0510. The number of hydrogen-bond donors (Lipinski definition) is 0. The summed E-state index contributed by atoms with van der Waals surface area (Å²) in [5.41, 5.74) is 24.5. The lowest BCUT2D eigenvalue weighted by molar-refractivity contribution is 0.663. The van der Waals surface area contributed by atoms with E-state index in [-0.39, 0.29) is 16.2 Å². The van der Waals surface area contributed by atoms with Crippen molar-refractivity contribution in [1.82, 2.24) is 43.6 Å². The van der Waals surface area contributed by atoms with Crippen LogP contribution in [0.1, 0.15) is 74.9 Å². The number of aromatic nitrogens is 9. The van der Waals surface area contributed by atoms with E-state index in [0.29, 0.717) is 5.95 Å². The molecule has 0 atom stereocenters. The van der Waals surface area contributed by atoms with Gasteiger partial charge in [-0.05, 0) is 103 Å². The molecule has 0 bridgehead atoms. The average molecular weight is 1080 g/mol. The van der Waals surface area contributed by atoms with Crippen LogP contribution in [0.5, 0.6) is 0 Å². The average Bonchev–Trinajstić information content (AvgIpc) is 1.61. The number of nitrogens with zero attached hydrogens (tertiary/aromatic N) is 9. The minimum atomic E-state index is -0.107. The number of rotatable bonds is 3. The topological polar surface area (TPSA) is 92.1 Å². The highest BCUT2D eigenvalue weighted by atomic mass is 15.2. The van der Waals surface area contributed by atoms with Crippen molar-refractivity contribution < 1.29 is 0 Å². The molecule has 0 unspecified atom stereocenters. The van der Waals surface area contributed by atoms with Gasteiger partial charge < -0.3 is 4.57 Å². The lowest BCUT2D eigenvalue weighted by atomic mass is 9.81. The number of fused-ring (bicyclic) bond motifs is 21. The van der Waals surface area contributed by atoms with Crippen LogP contribution in [0.3, 0.4) is 0 Å². The van der Waals surface area contributed by atoms with Crippen molar-refractivity contribution in [3.05, 3.63) is 271 Å². The van der Waals surface area contributed by atoms with Gasteiger partial charge >= 0.3 is 0 Å². The van der Waals surface area contributed by atoms with Crippen LogP contribution in [0, 0.1) is 0 Å². The van der Waals surface area contributed by atoms with Gasteiger partial charge in [0.15, 0.2) is 0 Å². The Labute approximate surface area is 486 Å². The van der Waals surface area contributed by atoms with E-state index in [0.717, 1.165) is 17.0 Å². The van der Waals surface area contributed by atoms with E-state index in [4.69, 9.17) is 0 Å². The summed E-state index contributed by atoms with van der Waals surface area (Å²) in [6, 6.07) is 72.0. The van der Waals surface area contributed by atoms with Gasteiger partial charge in [-0.15, -0.1) is 0 Å². The fourth-order valence-corrected chi connectivity index (χ4v) is 14.9. The van der Waals surface area contributed by atoms with Crippen molar-refractivity contribution in [1.29, 1.82) is 0 Å². The van der Waals surface area contributed by atoms with E-state index in [1.165, 1.54) is 127 Å². The monoisotopic (exact) mass is 1080 g/mol. The molecule has 15 aromatic rings. The van der Waals surface area contributed by atoms with Gasteiger partial charge in [0.05, 0.1) is 33.1 Å². The van der Waals surface area contributed by atoms with Crippen LogP contribution < -0.4 is 0 Å². The Hall–Kier alpha value is -10.4.